The van der Waals surface area contributed by atoms with Crippen molar-refractivity contribution in [3.05, 3.63) is 71.0 Å². The van der Waals surface area contributed by atoms with E-state index in [0.29, 0.717) is 5.57 Å². The number of amides is 1. The van der Waals surface area contributed by atoms with Crippen LogP contribution >= 0.6 is 0 Å². The van der Waals surface area contributed by atoms with Crippen LogP contribution < -0.4 is 4.74 Å². The Bertz CT molecular complexity index is 1050. The van der Waals surface area contributed by atoms with Crippen LogP contribution in [0.25, 0.3) is 6.08 Å². The lowest BCUT2D eigenvalue weighted by atomic mass is 10.1. The first kappa shape index (κ1) is 18.7. The third kappa shape index (κ3) is 3.54. The predicted molar refractivity (Wildman–Crippen MR) is 104 cm³/mol. The number of hydrogen-bond acceptors (Lipinski definition) is 4. The summed E-state index contributed by atoms with van der Waals surface area (Å²) in [6.07, 6.45) is 1.95. The number of sulfone groups is 1. The maximum absolute atomic E-state index is 14.2. The highest BCUT2D eigenvalue weighted by atomic mass is 32.2. The van der Waals surface area contributed by atoms with Crippen molar-refractivity contribution >= 4 is 21.8 Å². The van der Waals surface area contributed by atoms with Crippen molar-refractivity contribution in [3.8, 4) is 5.75 Å². The highest BCUT2D eigenvalue weighted by molar-refractivity contribution is 7.91. The fourth-order valence-electron chi connectivity index (χ4n) is 3.68. The minimum Gasteiger partial charge on any atom is -0.488 e. The Morgan fingerprint density at radius 1 is 1.07 bits per heavy atom. The smallest absolute Gasteiger partial charge is 0.253 e. The van der Waals surface area contributed by atoms with Crippen molar-refractivity contribution in [2.24, 2.45) is 0 Å². The van der Waals surface area contributed by atoms with Gasteiger partial charge in [-0.1, -0.05) is 36.4 Å². The van der Waals surface area contributed by atoms with Crippen LogP contribution in [0.3, 0.4) is 0 Å². The van der Waals surface area contributed by atoms with E-state index in [-0.39, 0.29) is 43.3 Å². The molecule has 2 aromatic carbocycles. The second-order valence-corrected chi connectivity index (χ2v) is 9.26. The molecule has 0 bridgehead atoms. The first-order valence-corrected chi connectivity index (χ1v) is 10.8. The summed E-state index contributed by atoms with van der Waals surface area (Å²) in [7, 11) is -3.57. The number of rotatable bonds is 2. The molecule has 1 saturated heterocycles. The molecular formula is C21H20FNO4S. The van der Waals surface area contributed by atoms with Gasteiger partial charge in [0.05, 0.1) is 16.6 Å². The van der Waals surface area contributed by atoms with E-state index in [0.717, 1.165) is 11.3 Å². The quantitative estimate of drug-likeness (QED) is 0.776. The zero-order valence-electron chi connectivity index (χ0n) is 15.2. The summed E-state index contributed by atoms with van der Waals surface area (Å²) in [4.78, 5) is 14.5. The number of ether oxygens (including phenoxy) is 1. The molecule has 0 radical (unpaired) electrons. The van der Waals surface area contributed by atoms with E-state index in [1.54, 1.807) is 12.1 Å². The monoisotopic (exact) mass is 401 g/mol. The first-order chi connectivity index (χ1) is 13.5. The van der Waals surface area contributed by atoms with E-state index in [2.05, 4.69) is 0 Å². The molecule has 2 heterocycles. The lowest BCUT2D eigenvalue weighted by Gasteiger charge is -2.24. The lowest BCUT2D eigenvalue weighted by Crippen LogP contribution is -2.36. The molecule has 2 aromatic rings. The van der Waals surface area contributed by atoms with Crippen molar-refractivity contribution in [3.63, 3.8) is 0 Å². The molecule has 0 aliphatic carbocycles. The summed E-state index contributed by atoms with van der Waals surface area (Å²) >= 11 is 0. The molecule has 1 fully saturated rings. The summed E-state index contributed by atoms with van der Waals surface area (Å²) in [5.74, 6) is -0.241. The molecule has 1 amide bonds. The van der Waals surface area contributed by atoms with Gasteiger partial charge in [0.15, 0.2) is 9.84 Å². The summed E-state index contributed by atoms with van der Waals surface area (Å²) < 4.78 is 45.2. The van der Waals surface area contributed by atoms with Crippen molar-refractivity contribution in [2.75, 3.05) is 25.4 Å². The number of para-hydroxylation sites is 1. The number of halogens is 1. The van der Waals surface area contributed by atoms with Crippen molar-refractivity contribution in [1.82, 2.24) is 4.90 Å². The Kier molecular flexibility index (Phi) is 4.93. The van der Waals surface area contributed by atoms with Crippen LogP contribution in [0.5, 0.6) is 5.75 Å². The van der Waals surface area contributed by atoms with Gasteiger partial charge >= 0.3 is 0 Å². The molecule has 2 aliphatic rings. The molecule has 5 nitrogen and oxygen atoms in total. The molecule has 0 spiro atoms. The number of carbonyl (C=O) groups is 1. The molecule has 2 aliphatic heterocycles. The van der Waals surface area contributed by atoms with Gasteiger partial charge < -0.3 is 9.64 Å². The van der Waals surface area contributed by atoms with Gasteiger partial charge in [-0.3, -0.25) is 4.79 Å². The standard InChI is InChI=1S/C21H20FNO4S/c22-18-7-3-2-6-17(18)20-9-10-23(11-12-28(20,25)26)21(24)16-13-15-5-1-4-8-19(15)27-14-16/h1-8,13,20H,9-12,14H2. The summed E-state index contributed by atoms with van der Waals surface area (Å²) in [6.45, 7) is 0.483. The molecule has 7 heteroatoms. The Morgan fingerprint density at radius 3 is 2.64 bits per heavy atom. The normalized spacial score (nSPS) is 21.1. The molecule has 146 valence electrons. The number of fused-ring (bicyclic) bond motifs is 1. The van der Waals surface area contributed by atoms with Crippen LogP contribution in [0, 0.1) is 5.82 Å². The van der Waals surface area contributed by atoms with Gasteiger partial charge in [0.25, 0.3) is 5.91 Å². The Balaban J connectivity index is 1.56. The number of hydrogen-bond donors (Lipinski definition) is 0. The average molecular weight is 401 g/mol. The molecular weight excluding hydrogens is 381 g/mol. The Morgan fingerprint density at radius 2 is 1.82 bits per heavy atom. The highest BCUT2D eigenvalue weighted by Gasteiger charge is 2.35. The SMILES string of the molecule is O=C(C1=Cc2ccccc2OC1)N1CCC(c2ccccc2F)S(=O)(=O)CC1. The topological polar surface area (TPSA) is 63.7 Å². The van der Waals surface area contributed by atoms with Crippen LogP contribution in [-0.4, -0.2) is 44.7 Å². The number of carbonyl (C=O) groups excluding carboxylic acids is 1. The van der Waals surface area contributed by atoms with Crippen LogP contribution in [0.15, 0.2) is 54.1 Å². The average Bonchev–Trinajstić information content (AvgIpc) is 2.85. The third-order valence-corrected chi connectivity index (χ3v) is 7.29. The molecule has 4 rings (SSSR count). The van der Waals surface area contributed by atoms with Gasteiger partial charge in [-0.25, -0.2) is 12.8 Å². The number of benzene rings is 2. The van der Waals surface area contributed by atoms with Crippen molar-refractivity contribution < 1.29 is 22.3 Å². The van der Waals surface area contributed by atoms with E-state index in [1.807, 2.05) is 24.3 Å². The largest absolute Gasteiger partial charge is 0.488 e. The highest BCUT2D eigenvalue weighted by Crippen LogP contribution is 2.32. The van der Waals surface area contributed by atoms with Gasteiger partial charge in [0.1, 0.15) is 18.2 Å². The van der Waals surface area contributed by atoms with Gasteiger partial charge in [-0.15, -0.1) is 0 Å². The maximum atomic E-state index is 14.2. The third-order valence-electron chi connectivity index (χ3n) is 5.19. The predicted octanol–water partition coefficient (Wildman–Crippen LogP) is 2.99. The van der Waals surface area contributed by atoms with E-state index in [1.165, 1.54) is 23.1 Å². The van der Waals surface area contributed by atoms with Crippen LogP contribution in [0.1, 0.15) is 22.8 Å². The van der Waals surface area contributed by atoms with Gasteiger partial charge in [0.2, 0.25) is 0 Å². The fraction of sp³-hybridized carbons (Fsp3) is 0.286. The van der Waals surface area contributed by atoms with Gasteiger partial charge in [0, 0.05) is 24.2 Å². The fourth-order valence-corrected chi connectivity index (χ4v) is 5.48. The van der Waals surface area contributed by atoms with Crippen molar-refractivity contribution in [1.29, 1.82) is 0 Å². The van der Waals surface area contributed by atoms with E-state index >= 15 is 0 Å². The van der Waals surface area contributed by atoms with E-state index in [9.17, 15) is 17.6 Å². The zero-order valence-corrected chi connectivity index (χ0v) is 16.0. The molecule has 0 N–H and O–H groups in total. The molecule has 0 aromatic heterocycles. The summed E-state index contributed by atoms with van der Waals surface area (Å²) in [5.41, 5.74) is 1.48. The minimum absolute atomic E-state index is 0.0884. The van der Waals surface area contributed by atoms with Gasteiger partial charge in [-0.05, 0) is 24.6 Å². The molecule has 28 heavy (non-hydrogen) atoms. The van der Waals surface area contributed by atoms with E-state index < -0.39 is 20.9 Å². The molecule has 0 saturated carbocycles. The molecule has 1 unspecified atom stereocenters. The second-order valence-electron chi connectivity index (χ2n) is 6.95. The molecule has 1 atom stereocenters. The lowest BCUT2D eigenvalue weighted by molar-refractivity contribution is -0.127. The van der Waals surface area contributed by atoms with E-state index in [4.69, 9.17) is 4.74 Å². The van der Waals surface area contributed by atoms with Crippen molar-refractivity contribution in [2.45, 2.75) is 11.7 Å². The van der Waals surface area contributed by atoms with Crippen LogP contribution in [0.2, 0.25) is 0 Å². The van der Waals surface area contributed by atoms with Crippen LogP contribution in [0.4, 0.5) is 4.39 Å². The van der Waals surface area contributed by atoms with Gasteiger partial charge in [-0.2, -0.15) is 0 Å². The minimum atomic E-state index is -3.57. The Hall–Kier alpha value is -2.67. The maximum Gasteiger partial charge on any atom is 0.253 e. The Labute approximate surface area is 163 Å². The number of nitrogens with zero attached hydrogens (tertiary/aromatic N) is 1. The second kappa shape index (κ2) is 7.39. The first-order valence-electron chi connectivity index (χ1n) is 9.13. The zero-order chi connectivity index (χ0) is 19.7. The summed E-state index contributed by atoms with van der Waals surface area (Å²) in [6, 6.07) is 13.4. The summed E-state index contributed by atoms with van der Waals surface area (Å²) in [5, 5.41) is -0.941. The van der Waals surface area contributed by atoms with Crippen LogP contribution in [-0.2, 0) is 14.6 Å².